The third kappa shape index (κ3) is 2.77. The number of anilines is 1. The molecule has 33 heavy (non-hydrogen) atoms. The molecule has 0 bridgehead atoms. The Hall–Kier alpha value is -4.45. The lowest BCUT2D eigenvalue weighted by Crippen LogP contribution is -2.32. The molecule has 6 nitrogen and oxygen atoms in total. The van der Waals surface area contributed by atoms with Crippen LogP contribution in [0.25, 0.3) is 33.0 Å². The van der Waals surface area contributed by atoms with Gasteiger partial charge in [0.2, 0.25) is 5.91 Å². The molecule has 0 saturated heterocycles. The molecular weight excluding hydrogens is 412 g/mol. The Morgan fingerprint density at radius 3 is 2.39 bits per heavy atom. The smallest absolute Gasteiger partial charge is 0.259 e. The van der Waals surface area contributed by atoms with Gasteiger partial charge in [-0.15, -0.1) is 0 Å². The SMILES string of the molecule is C=C1c2ccccc2C(=O)N1CC(=O)Nc1c2ccccc2n2c(C)nc3ccccc3c12. The number of aryl methyl sites for hydroxylation is 1. The number of hydrogen-bond acceptors (Lipinski definition) is 3. The lowest BCUT2D eigenvalue weighted by molar-refractivity contribution is -0.116. The number of nitrogens with one attached hydrogen (secondary N) is 1. The van der Waals surface area contributed by atoms with Crippen LogP contribution in [0, 0.1) is 6.92 Å². The number of amides is 2. The molecule has 0 radical (unpaired) electrons. The molecule has 0 unspecified atom stereocenters. The van der Waals surface area contributed by atoms with Crippen LogP contribution in [0.4, 0.5) is 5.69 Å². The number of rotatable bonds is 3. The first-order chi connectivity index (χ1) is 16.0. The maximum Gasteiger partial charge on any atom is 0.259 e. The molecule has 2 amide bonds. The summed E-state index contributed by atoms with van der Waals surface area (Å²) < 4.78 is 2.07. The van der Waals surface area contributed by atoms with Crippen LogP contribution in [0.5, 0.6) is 0 Å². The third-order valence-corrected chi connectivity index (χ3v) is 6.25. The van der Waals surface area contributed by atoms with Crippen LogP contribution in [0.1, 0.15) is 21.7 Å². The summed E-state index contributed by atoms with van der Waals surface area (Å²) in [5.74, 6) is 0.343. The number of para-hydroxylation sites is 2. The molecule has 160 valence electrons. The van der Waals surface area contributed by atoms with Crippen molar-refractivity contribution in [2.75, 3.05) is 11.9 Å². The maximum absolute atomic E-state index is 13.2. The fourth-order valence-electron chi connectivity index (χ4n) is 4.78. The van der Waals surface area contributed by atoms with Crippen LogP contribution in [-0.2, 0) is 4.79 Å². The van der Waals surface area contributed by atoms with Crippen LogP contribution in [0.3, 0.4) is 0 Å². The highest BCUT2D eigenvalue weighted by Gasteiger charge is 2.32. The van der Waals surface area contributed by atoms with Gasteiger partial charge in [0.25, 0.3) is 5.91 Å². The molecule has 6 heteroatoms. The zero-order valence-corrected chi connectivity index (χ0v) is 18.0. The Bertz CT molecular complexity index is 1610. The van der Waals surface area contributed by atoms with Crippen molar-refractivity contribution in [3.8, 4) is 0 Å². The van der Waals surface area contributed by atoms with Gasteiger partial charge in [-0.2, -0.15) is 0 Å². The van der Waals surface area contributed by atoms with E-state index in [4.69, 9.17) is 4.98 Å². The minimum absolute atomic E-state index is 0.111. The van der Waals surface area contributed by atoms with Gasteiger partial charge < -0.3 is 5.32 Å². The number of nitrogens with zero attached hydrogens (tertiary/aromatic N) is 3. The number of hydrogen-bond donors (Lipinski definition) is 1. The molecule has 0 aliphatic carbocycles. The molecule has 0 saturated carbocycles. The molecule has 1 N–H and O–H groups in total. The zero-order chi connectivity index (χ0) is 22.7. The van der Waals surface area contributed by atoms with Crippen molar-refractivity contribution in [3.63, 3.8) is 0 Å². The van der Waals surface area contributed by atoms with E-state index in [-0.39, 0.29) is 18.4 Å². The number of carbonyl (C=O) groups excluding carboxylic acids is 2. The van der Waals surface area contributed by atoms with E-state index in [1.165, 1.54) is 4.90 Å². The lowest BCUT2D eigenvalue weighted by atomic mass is 10.1. The second kappa shape index (κ2) is 7.03. The monoisotopic (exact) mass is 432 g/mol. The average Bonchev–Trinajstić information content (AvgIpc) is 3.28. The first-order valence-corrected chi connectivity index (χ1v) is 10.7. The van der Waals surface area contributed by atoms with Gasteiger partial charge in [-0.05, 0) is 25.1 Å². The Morgan fingerprint density at radius 1 is 0.939 bits per heavy atom. The van der Waals surface area contributed by atoms with Gasteiger partial charge in [0.05, 0.1) is 22.2 Å². The van der Waals surface area contributed by atoms with Crippen LogP contribution in [-0.4, -0.2) is 32.6 Å². The number of carbonyl (C=O) groups is 2. The zero-order valence-electron chi connectivity index (χ0n) is 18.0. The molecule has 6 rings (SSSR count). The summed E-state index contributed by atoms with van der Waals surface area (Å²) >= 11 is 0. The Morgan fingerprint density at radius 2 is 1.61 bits per heavy atom. The minimum atomic E-state index is -0.283. The van der Waals surface area contributed by atoms with Gasteiger partial charge in [0.1, 0.15) is 12.4 Å². The van der Waals surface area contributed by atoms with E-state index < -0.39 is 0 Å². The second-order valence-corrected chi connectivity index (χ2v) is 8.18. The molecule has 1 aliphatic rings. The summed E-state index contributed by atoms with van der Waals surface area (Å²) in [5, 5.41) is 4.97. The van der Waals surface area contributed by atoms with Crippen molar-refractivity contribution in [2.45, 2.75) is 6.92 Å². The average molecular weight is 432 g/mol. The molecule has 5 aromatic rings. The van der Waals surface area contributed by atoms with Crippen LogP contribution in [0.15, 0.2) is 79.4 Å². The van der Waals surface area contributed by atoms with Crippen molar-refractivity contribution in [1.82, 2.24) is 14.3 Å². The summed E-state index contributed by atoms with van der Waals surface area (Å²) in [7, 11) is 0. The quantitative estimate of drug-likeness (QED) is 0.436. The summed E-state index contributed by atoms with van der Waals surface area (Å²) in [6, 6.07) is 23.1. The van der Waals surface area contributed by atoms with Crippen molar-refractivity contribution < 1.29 is 9.59 Å². The van der Waals surface area contributed by atoms with Gasteiger partial charge in [-0.3, -0.25) is 18.9 Å². The molecular formula is C27H20N4O2. The minimum Gasteiger partial charge on any atom is -0.322 e. The highest BCUT2D eigenvalue weighted by atomic mass is 16.2. The van der Waals surface area contributed by atoms with Crippen LogP contribution >= 0.6 is 0 Å². The van der Waals surface area contributed by atoms with Crippen molar-refractivity contribution >= 4 is 50.5 Å². The number of aromatic nitrogens is 2. The van der Waals surface area contributed by atoms with Gasteiger partial charge in [-0.1, -0.05) is 61.2 Å². The normalized spacial score (nSPS) is 13.3. The van der Waals surface area contributed by atoms with Gasteiger partial charge in [0.15, 0.2) is 0 Å². The molecule has 0 spiro atoms. The van der Waals surface area contributed by atoms with Crippen molar-refractivity contribution in [2.24, 2.45) is 0 Å². The van der Waals surface area contributed by atoms with Gasteiger partial charge >= 0.3 is 0 Å². The highest BCUT2D eigenvalue weighted by molar-refractivity contribution is 6.17. The van der Waals surface area contributed by atoms with Gasteiger partial charge in [0, 0.05) is 27.6 Å². The lowest BCUT2D eigenvalue weighted by Gasteiger charge is -2.17. The van der Waals surface area contributed by atoms with E-state index in [0.717, 1.165) is 38.7 Å². The molecule has 1 aliphatic heterocycles. The predicted octanol–water partition coefficient (Wildman–Crippen LogP) is 5.01. The second-order valence-electron chi connectivity index (χ2n) is 8.18. The summed E-state index contributed by atoms with van der Waals surface area (Å²) in [6.07, 6.45) is 0. The van der Waals surface area contributed by atoms with Crippen LogP contribution in [0.2, 0.25) is 0 Å². The van der Waals surface area contributed by atoms with E-state index in [0.29, 0.717) is 16.9 Å². The standard InChI is InChI=1S/C27H20N4O2/c1-16-18-9-3-4-10-19(18)27(33)30(16)15-24(32)29-25-21-12-6-8-14-23(21)31-17(2)28-22-13-7-5-11-20(22)26(25)31/h3-14H,1,15H2,2H3,(H,29,32). The maximum atomic E-state index is 13.2. The molecule has 0 fully saturated rings. The Balaban J connectivity index is 1.45. The topological polar surface area (TPSA) is 66.7 Å². The van der Waals surface area contributed by atoms with Gasteiger partial charge in [-0.25, -0.2) is 4.98 Å². The first kappa shape index (κ1) is 19.3. The Kier molecular flexibility index (Phi) is 4.10. The van der Waals surface area contributed by atoms with Crippen molar-refractivity contribution in [1.29, 1.82) is 0 Å². The Labute approximate surface area is 189 Å². The molecule has 2 aromatic heterocycles. The molecule has 0 atom stereocenters. The molecule has 3 heterocycles. The first-order valence-electron chi connectivity index (χ1n) is 10.7. The summed E-state index contributed by atoms with van der Waals surface area (Å²) in [6.45, 7) is 5.89. The predicted molar refractivity (Wildman–Crippen MR) is 130 cm³/mol. The van der Waals surface area contributed by atoms with E-state index in [2.05, 4.69) is 16.3 Å². The third-order valence-electron chi connectivity index (χ3n) is 6.25. The van der Waals surface area contributed by atoms with E-state index >= 15 is 0 Å². The van der Waals surface area contributed by atoms with E-state index in [9.17, 15) is 9.59 Å². The van der Waals surface area contributed by atoms with E-state index in [1.54, 1.807) is 6.07 Å². The highest BCUT2D eigenvalue weighted by Crippen LogP contribution is 2.37. The summed E-state index contributed by atoms with van der Waals surface area (Å²) in [5.41, 5.74) is 5.31. The van der Waals surface area contributed by atoms with Crippen molar-refractivity contribution in [3.05, 3.63) is 96.3 Å². The fourth-order valence-corrected chi connectivity index (χ4v) is 4.78. The number of fused-ring (bicyclic) bond motifs is 6. The summed E-state index contributed by atoms with van der Waals surface area (Å²) in [4.78, 5) is 32.3. The number of benzene rings is 3. The van der Waals surface area contributed by atoms with E-state index in [1.807, 2.05) is 73.7 Å². The van der Waals surface area contributed by atoms with Crippen LogP contribution < -0.4 is 5.32 Å². The molecule has 3 aromatic carbocycles. The fraction of sp³-hybridized carbons (Fsp3) is 0.0741. The largest absolute Gasteiger partial charge is 0.322 e.